The van der Waals surface area contributed by atoms with Gasteiger partial charge in [0.25, 0.3) is 0 Å². The lowest BCUT2D eigenvalue weighted by Crippen LogP contribution is -2.54. The van der Waals surface area contributed by atoms with Gasteiger partial charge in [0.05, 0.1) is 0 Å². The third-order valence-corrected chi connectivity index (χ3v) is 6.37. The summed E-state index contributed by atoms with van der Waals surface area (Å²) in [7, 11) is 0. The second-order valence-corrected chi connectivity index (χ2v) is 7.87. The Morgan fingerprint density at radius 3 is 1.81 bits per heavy atom. The van der Waals surface area contributed by atoms with E-state index in [4.69, 9.17) is 92.8 Å². The minimum Gasteiger partial charge on any atom is -0.454 e. The van der Waals surface area contributed by atoms with Gasteiger partial charge < -0.3 is 4.74 Å². The van der Waals surface area contributed by atoms with Crippen molar-refractivity contribution in [3.63, 3.8) is 0 Å². The Morgan fingerprint density at radius 2 is 1.50 bits per heavy atom. The fourth-order valence-electron chi connectivity index (χ4n) is 0.592. The second kappa shape index (κ2) is 6.29. The first-order valence-electron chi connectivity index (χ1n) is 3.41. The highest BCUT2D eigenvalue weighted by atomic mass is 35.6. The predicted molar refractivity (Wildman–Crippen MR) is 70.5 cm³/mol. The molecule has 16 heavy (non-hydrogen) atoms. The van der Waals surface area contributed by atoms with Gasteiger partial charge in [-0.2, -0.15) is 0 Å². The van der Waals surface area contributed by atoms with E-state index in [1.54, 1.807) is 0 Å². The van der Waals surface area contributed by atoms with E-state index in [-0.39, 0.29) is 0 Å². The summed E-state index contributed by atoms with van der Waals surface area (Å²) in [5.41, 5.74) is 0. The van der Waals surface area contributed by atoms with Crippen LogP contribution < -0.4 is 0 Å². The van der Waals surface area contributed by atoms with Gasteiger partial charge in [-0.15, -0.1) is 23.2 Å². The zero-order valence-corrected chi connectivity index (χ0v) is 13.2. The fourth-order valence-corrected chi connectivity index (χ4v) is 2.39. The first-order chi connectivity index (χ1) is 7.00. The summed E-state index contributed by atoms with van der Waals surface area (Å²) in [6.45, 7) is 0.485. The summed E-state index contributed by atoms with van der Waals surface area (Å²) in [4.78, 5) is 8.51. The van der Waals surface area contributed by atoms with Crippen LogP contribution in [0.4, 0.5) is 0 Å². The van der Waals surface area contributed by atoms with Crippen molar-refractivity contribution in [3.8, 4) is 0 Å². The van der Waals surface area contributed by atoms with Crippen LogP contribution in [-0.2, 0) is 9.53 Å². The summed E-state index contributed by atoms with van der Waals surface area (Å²) in [5.74, 6) is 0. The second-order valence-electron chi connectivity index (χ2n) is 2.57. The van der Waals surface area contributed by atoms with Crippen molar-refractivity contribution >= 4 is 99.3 Å². The molecule has 0 saturated carbocycles. The molecule has 0 rings (SSSR count). The molecular weight excluding hydrogens is 388 g/mol. The molecule has 0 fully saturated rings. The standard InChI is InChI=1S/C6H3Cl8O2/c7-3(8)5(11,12)6(13,14)4(9,10)1-16-2-15/h3H,1H2. The van der Waals surface area contributed by atoms with E-state index in [1.807, 2.05) is 0 Å². The largest absolute Gasteiger partial charge is 0.454 e. The minimum absolute atomic E-state index is 0.603. The topological polar surface area (TPSA) is 26.3 Å². The minimum atomic E-state index is -2.20. The van der Waals surface area contributed by atoms with E-state index in [2.05, 4.69) is 4.74 Å². The Hall–Kier alpha value is 1.79. The van der Waals surface area contributed by atoms with Gasteiger partial charge in [-0.05, 0) is 0 Å². The van der Waals surface area contributed by atoms with Crippen LogP contribution in [0.1, 0.15) is 0 Å². The average Bonchev–Trinajstić information content (AvgIpc) is 2.13. The molecule has 0 atom stereocenters. The Kier molecular flexibility index (Phi) is 7.00. The first-order valence-corrected chi connectivity index (χ1v) is 6.55. The maximum absolute atomic E-state index is 9.89. The van der Waals surface area contributed by atoms with Crippen molar-refractivity contribution in [2.45, 2.75) is 17.8 Å². The van der Waals surface area contributed by atoms with Gasteiger partial charge in [0.2, 0.25) is 0 Å². The summed E-state index contributed by atoms with van der Waals surface area (Å²) in [5, 5.41) is 0. The molecule has 0 bridgehead atoms. The Labute approximate surface area is 132 Å². The number of hydrogen-bond acceptors (Lipinski definition) is 2. The smallest absolute Gasteiger partial charge is 0.417 e. The van der Waals surface area contributed by atoms with Gasteiger partial charge in [-0.3, -0.25) is 0 Å². The van der Waals surface area contributed by atoms with Gasteiger partial charge >= 0.3 is 6.47 Å². The zero-order chi connectivity index (χ0) is 13.2. The highest BCUT2D eigenvalue weighted by Crippen LogP contribution is 2.57. The molecule has 0 aromatic heterocycles. The molecule has 0 aromatic carbocycles. The van der Waals surface area contributed by atoms with E-state index in [0.29, 0.717) is 0 Å². The third-order valence-electron chi connectivity index (χ3n) is 1.46. The van der Waals surface area contributed by atoms with Crippen LogP contribution in [-0.4, -0.2) is 30.9 Å². The quantitative estimate of drug-likeness (QED) is 0.629. The van der Waals surface area contributed by atoms with Crippen LogP contribution in [0.3, 0.4) is 0 Å². The normalized spacial score (nSPS) is 14.1. The molecule has 0 aliphatic heterocycles. The van der Waals surface area contributed by atoms with E-state index in [1.165, 1.54) is 0 Å². The molecule has 0 saturated heterocycles. The molecule has 10 heteroatoms. The molecule has 0 spiro atoms. The molecule has 0 N–H and O–H groups in total. The van der Waals surface area contributed by atoms with Crippen LogP contribution in [0.5, 0.6) is 0 Å². The van der Waals surface area contributed by atoms with E-state index in [9.17, 15) is 4.79 Å². The Morgan fingerprint density at radius 1 is 1.06 bits per heavy atom. The van der Waals surface area contributed by atoms with Gasteiger partial charge in [0.15, 0.2) is 13.0 Å². The summed E-state index contributed by atoms with van der Waals surface area (Å²) < 4.78 is -2.10. The van der Waals surface area contributed by atoms with Crippen LogP contribution >= 0.6 is 92.8 Å². The van der Waals surface area contributed by atoms with E-state index in [0.717, 1.165) is 6.47 Å². The van der Waals surface area contributed by atoms with Crippen molar-refractivity contribution in [1.82, 2.24) is 0 Å². The Balaban J connectivity index is 5.08. The third kappa shape index (κ3) is 3.64. The molecule has 1 radical (unpaired) electrons. The van der Waals surface area contributed by atoms with Gasteiger partial charge in [-0.1, -0.05) is 69.6 Å². The van der Waals surface area contributed by atoms with Crippen molar-refractivity contribution in [1.29, 1.82) is 0 Å². The first kappa shape index (κ1) is 17.8. The molecule has 0 aromatic rings. The molecule has 2 nitrogen and oxygen atoms in total. The number of halogens is 8. The van der Waals surface area contributed by atoms with E-state index < -0.39 is 24.4 Å². The lowest BCUT2D eigenvalue weighted by atomic mass is 10.2. The fraction of sp³-hybridized carbons (Fsp3) is 0.833. The Bertz CT molecular complexity index is 251. The number of rotatable bonds is 6. The SMILES string of the molecule is O=[C]OCC(Cl)(Cl)C(Cl)(Cl)C(Cl)(Cl)C(Cl)Cl. The predicted octanol–water partition coefficient (Wildman–Crippen LogP) is 4.40. The molecular formula is C6H3Cl8O2. The zero-order valence-electron chi connectivity index (χ0n) is 7.12. The van der Waals surface area contributed by atoms with Gasteiger partial charge in [0.1, 0.15) is 11.4 Å². The molecule has 0 heterocycles. The highest BCUT2D eigenvalue weighted by Gasteiger charge is 2.63. The van der Waals surface area contributed by atoms with Crippen molar-refractivity contribution in [3.05, 3.63) is 0 Å². The number of hydrogen-bond donors (Lipinski definition) is 0. The van der Waals surface area contributed by atoms with Crippen molar-refractivity contribution in [2.24, 2.45) is 0 Å². The highest BCUT2D eigenvalue weighted by molar-refractivity contribution is 6.72. The monoisotopic (exact) mass is 387 g/mol. The molecule has 0 aliphatic carbocycles. The average molecular weight is 391 g/mol. The van der Waals surface area contributed by atoms with Crippen LogP contribution in [0.2, 0.25) is 0 Å². The number of ether oxygens (including phenoxy) is 1. The number of alkyl halides is 8. The van der Waals surface area contributed by atoms with Crippen LogP contribution in [0, 0.1) is 0 Å². The summed E-state index contributed by atoms with van der Waals surface area (Å²) in [6, 6.07) is 0. The number of carbonyl (C=O) groups excluding carboxylic acids is 1. The van der Waals surface area contributed by atoms with Crippen molar-refractivity contribution < 1.29 is 9.53 Å². The van der Waals surface area contributed by atoms with Gasteiger partial charge in [-0.25, -0.2) is 4.79 Å². The molecule has 0 amide bonds. The van der Waals surface area contributed by atoms with E-state index >= 15 is 0 Å². The maximum Gasteiger partial charge on any atom is 0.417 e. The molecule has 95 valence electrons. The van der Waals surface area contributed by atoms with Crippen molar-refractivity contribution in [2.75, 3.05) is 6.61 Å². The lowest BCUT2D eigenvalue weighted by molar-refractivity contribution is 0.256. The van der Waals surface area contributed by atoms with Crippen LogP contribution in [0.25, 0.3) is 0 Å². The summed E-state index contributed by atoms with van der Waals surface area (Å²) >= 11 is 45.6. The maximum atomic E-state index is 9.89. The van der Waals surface area contributed by atoms with Crippen LogP contribution in [0.15, 0.2) is 0 Å². The lowest BCUT2D eigenvalue weighted by Gasteiger charge is -2.40. The van der Waals surface area contributed by atoms with Gasteiger partial charge in [0, 0.05) is 0 Å². The summed E-state index contributed by atoms with van der Waals surface area (Å²) in [6.07, 6.45) is 0. The molecule has 0 unspecified atom stereocenters. The molecule has 0 aliphatic rings.